The number of benzene rings is 2. The summed E-state index contributed by atoms with van der Waals surface area (Å²) in [5.74, 6) is 0.0454. The SMILES string of the molecule is COc1cc(F)ccc1-c1ccc2c(c1C(OC=O)c1sccc1C)C(C)=CC(C)(C)N2. The Balaban J connectivity index is 2.08. The summed E-state index contributed by atoms with van der Waals surface area (Å²) < 4.78 is 25.2. The Labute approximate surface area is 191 Å². The normalized spacial score (nSPS) is 15.2. The quantitative estimate of drug-likeness (QED) is 0.422. The molecule has 4 rings (SSSR count). The largest absolute Gasteiger partial charge is 0.496 e. The average molecular weight is 452 g/mol. The molecule has 0 radical (unpaired) electrons. The van der Waals surface area contributed by atoms with Gasteiger partial charge >= 0.3 is 0 Å². The lowest BCUT2D eigenvalue weighted by Crippen LogP contribution is -2.32. The van der Waals surface area contributed by atoms with Crippen LogP contribution in [0.3, 0.4) is 0 Å². The molecule has 4 nitrogen and oxygen atoms in total. The first-order valence-electron chi connectivity index (χ1n) is 10.4. The van der Waals surface area contributed by atoms with Gasteiger partial charge in [-0.1, -0.05) is 12.1 Å². The summed E-state index contributed by atoms with van der Waals surface area (Å²) in [6, 6.07) is 10.5. The monoisotopic (exact) mass is 451 g/mol. The Morgan fingerprint density at radius 1 is 1.12 bits per heavy atom. The summed E-state index contributed by atoms with van der Waals surface area (Å²) in [6.45, 7) is 8.78. The molecule has 6 heteroatoms. The highest BCUT2D eigenvalue weighted by Gasteiger charge is 2.32. The van der Waals surface area contributed by atoms with E-state index < -0.39 is 6.10 Å². The minimum absolute atomic E-state index is 0.219. The van der Waals surface area contributed by atoms with E-state index in [0.29, 0.717) is 12.2 Å². The lowest BCUT2D eigenvalue weighted by Gasteiger charge is -2.34. The van der Waals surface area contributed by atoms with E-state index in [2.05, 4.69) is 32.2 Å². The first-order valence-corrected chi connectivity index (χ1v) is 11.3. The molecule has 1 N–H and O–H groups in total. The lowest BCUT2D eigenvalue weighted by atomic mass is 9.82. The average Bonchev–Trinajstić information content (AvgIpc) is 3.16. The number of allylic oxidation sites excluding steroid dienone is 1. The van der Waals surface area contributed by atoms with E-state index in [1.165, 1.54) is 19.2 Å². The van der Waals surface area contributed by atoms with E-state index in [0.717, 1.165) is 44.0 Å². The Hall–Kier alpha value is -3.12. The zero-order valence-corrected chi connectivity index (χ0v) is 19.6. The topological polar surface area (TPSA) is 47.6 Å². The van der Waals surface area contributed by atoms with Crippen LogP contribution in [0, 0.1) is 12.7 Å². The van der Waals surface area contributed by atoms with Gasteiger partial charge in [0.1, 0.15) is 11.6 Å². The van der Waals surface area contributed by atoms with Crippen molar-refractivity contribution < 1.29 is 18.7 Å². The van der Waals surface area contributed by atoms with Gasteiger partial charge in [-0.05, 0) is 74.0 Å². The van der Waals surface area contributed by atoms with Gasteiger partial charge in [0.2, 0.25) is 0 Å². The highest BCUT2D eigenvalue weighted by atomic mass is 32.1. The number of halogens is 1. The molecule has 1 aliphatic heterocycles. The molecule has 0 saturated carbocycles. The van der Waals surface area contributed by atoms with Crippen molar-refractivity contribution in [2.75, 3.05) is 12.4 Å². The maximum atomic E-state index is 14.0. The van der Waals surface area contributed by atoms with Gasteiger partial charge in [-0.3, -0.25) is 4.79 Å². The van der Waals surface area contributed by atoms with E-state index >= 15 is 0 Å². The fourth-order valence-electron chi connectivity index (χ4n) is 4.51. The summed E-state index contributed by atoms with van der Waals surface area (Å²) in [5, 5.41) is 5.56. The van der Waals surface area contributed by atoms with E-state index in [1.807, 2.05) is 30.5 Å². The molecule has 1 aromatic heterocycles. The van der Waals surface area contributed by atoms with Crippen molar-refractivity contribution in [1.82, 2.24) is 0 Å². The molecule has 0 saturated heterocycles. The van der Waals surface area contributed by atoms with Crippen LogP contribution in [0.25, 0.3) is 16.7 Å². The predicted octanol–water partition coefficient (Wildman–Crippen LogP) is 6.74. The molecule has 1 aliphatic rings. The molecule has 32 heavy (non-hydrogen) atoms. The third-order valence-electron chi connectivity index (χ3n) is 5.72. The second-order valence-electron chi connectivity index (χ2n) is 8.55. The van der Waals surface area contributed by atoms with Gasteiger partial charge in [0, 0.05) is 28.4 Å². The number of aryl methyl sites for hydroxylation is 1. The van der Waals surface area contributed by atoms with Gasteiger partial charge in [0.05, 0.1) is 17.5 Å². The Kier molecular flexibility index (Phi) is 5.82. The molecular formula is C26H26FNO3S. The maximum Gasteiger partial charge on any atom is 0.294 e. The van der Waals surface area contributed by atoms with Crippen LogP contribution in [0.1, 0.15) is 48.4 Å². The number of methoxy groups -OCH3 is 1. The zero-order chi connectivity index (χ0) is 23.0. The number of anilines is 1. The van der Waals surface area contributed by atoms with E-state index in [-0.39, 0.29) is 11.4 Å². The second-order valence-corrected chi connectivity index (χ2v) is 9.50. The van der Waals surface area contributed by atoms with Gasteiger partial charge in [0.15, 0.2) is 6.10 Å². The number of carbonyl (C=O) groups excluding carboxylic acids is 1. The summed E-state index contributed by atoms with van der Waals surface area (Å²) >= 11 is 1.55. The number of nitrogens with one attached hydrogen (secondary N) is 1. The van der Waals surface area contributed by atoms with Crippen LogP contribution in [0.5, 0.6) is 5.75 Å². The van der Waals surface area contributed by atoms with Gasteiger partial charge in [-0.15, -0.1) is 11.3 Å². The minimum Gasteiger partial charge on any atom is -0.496 e. The van der Waals surface area contributed by atoms with Crippen LogP contribution in [0.2, 0.25) is 0 Å². The van der Waals surface area contributed by atoms with Gasteiger partial charge in [0.25, 0.3) is 6.47 Å². The van der Waals surface area contributed by atoms with Crippen molar-refractivity contribution in [1.29, 1.82) is 0 Å². The Morgan fingerprint density at radius 3 is 2.53 bits per heavy atom. The first-order chi connectivity index (χ1) is 15.3. The van der Waals surface area contributed by atoms with Crippen molar-refractivity contribution in [3.8, 4) is 16.9 Å². The van der Waals surface area contributed by atoms with E-state index in [9.17, 15) is 9.18 Å². The minimum atomic E-state index is -0.612. The molecule has 3 aromatic rings. The predicted molar refractivity (Wildman–Crippen MR) is 128 cm³/mol. The molecule has 1 unspecified atom stereocenters. The molecule has 0 fully saturated rings. The van der Waals surface area contributed by atoms with Crippen LogP contribution in [-0.2, 0) is 9.53 Å². The van der Waals surface area contributed by atoms with Crippen molar-refractivity contribution >= 4 is 29.1 Å². The van der Waals surface area contributed by atoms with Gasteiger partial charge in [-0.2, -0.15) is 0 Å². The molecule has 2 aromatic carbocycles. The second kappa shape index (κ2) is 8.43. The standard InChI is InChI=1S/C26H26FNO3S/c1-15-10-11-32-25(15)24(31-14-29)23-19(18-7-6-17(27)12-21(18)30-5)8-9-20-22(23)16(2)13-26(3,4)28-20/h6-14,24,28H,1-5H3. The lowest BCUT2D eigenvalue weighted by molar-refractivity contribution is -0.132. The number of hydrogen-bond donors (Lipinski definition) is 1. The van der Waals surface area contributed by atoms with Crippen molar-refractivity contribution in [3.05, 3.63) is 75.2 Å². The molecular weight excluding hydrogens is 425 g/mol. The molecule has 0 bridgehead atoms. The third-order valence-corrected chi connectivity index (χ3v) is 6.78. The summed E-state index contributed by atoms with van der Waals surface area (Å²) in [5.41, 5.74) is 6.26. The summed E-state index contributed by atoms with van der Waals surface area (Å²) in [6.07, 6.45) is 1.56. The highest BCUT2D eigenvalue weighted by molar-refractivity contribution is 7.10. The summed E-state index contributed by atoms with van der Waals surface area (Å²) in [4.78, 5) is 12.6. The zero-order valence-electron chi connectivity index (χ0n) is 18.8. The Morgan fingerprint density at radius 2 is 1.88 bits per heavy atom. The molecule has 166 valence electrons. The number of ether oxygens (including phenoxy) is 2. The maximum absolute atomic E-state index is 14.0. The van der Waals surface area contributed by atoms with Crippen LogP contribution < -0.4 is 10.1 Å². The number of rotatable bonds is 6. The molecule has 0 spiro atoms. The van der Waals surface area contributed by atoms with Crippen LogP contribution in [0.4, 0.5) is 10.1 Å². The fraction of sp³-hybridized carbons (Fsp3) is 0.269. The van der Waals surface area contributed by atoms with Crippen LogP contribution in [0.15, 0.2) is 47.9 Å². The third kappa shape index (κ3) is 3.91. The number of thiophene rings is 1. The van der Waals surface area contributed by atoms with Crippen LogP contribution >= 0.6 is 11.3 Å². The molecule has 2 heterocycles. The molecule has 0 aliphatic carbocycles. The Bertz CT molecular complexity index is 1210. The first kappa shape index (κ1) is 22.1. The van der Waals surface area contributed by atoms with E-state index in [4.69, 9.17) is 9.47 Å². The molecule has 1 atom stereocenters. The fourth-order valence-corrected chi connectivity index (χ4v) is 5.48. The smallest absolute Gasteiger partial charge is 0.294 e. The van der Waals surface area contributed by atoms with Gasteiger partial charge < -0.3 is 14.8 Å². The van der Waals surface area contributed by atoms with Gasteiger partial charge in [-0.25, -0.2) is 4.39 Å². The number of carbonyl (C=O) groups is 1. The van der Waals surface area contributed by atoms with Crippen molar-refractivity contribution in [3.63, 3.8) is 0 Å². The van der Waals surface area contributed by atoms with Crippen molar-refractivity contribution in [2.24, 2.45) is 0 Å². The van der Waals surface area contributed by atoms with E-state index in [1.54, 1.807) is 17.4 Å². The summed E-state index contributed by atoms with van der Waals surface area (Å²) in [7, 11) is 1.52. The number of fused-ring (bicyclic) bond motifs is 1. The highest BCUT2D eigenvalue weighted by Crippen LogP contribution is 2.48. The van der Waals surface area contributed by atoms with Crippen LogP contribution in [-0.4, -0.2) is 19.1 Å². The van der Waals surface area contributed by atoms with Crippen molar-refractivity contribution in [2.45, 2.75) is 39.3 Å². The number of hydrogen-bond acceptors (Lipinski definition) is 5. The molecule has 0 amide bonds.